The number of nitrogen functional groups attached to an aromatic ring is 1. The standard InChI is InChI=1S/C5H4N4O5/c6-4-2(8(11)12)1-3(9(13)14)5(10)7-4/h1H,(H3,6,7,10). The van der Waals surface area contributed by atoms with Crippen molar-refractivity contribution in [3.63, 3.8) is 0 Å². The quantitative estimate of drug-likeness (QED) is 0.511. The minimum atomic E-state index is -0.991. The van der Waals surface area contributed by atoms with Gasteiger partial charge in [0, 0.05) is 0 Å². The Morgan fingerprint density at radius 3 is 2.21 bits per heavy atom. The van der Waals surface area contributed by atoms with E-state index < -0.39 is 32.9 Å². The summed E-state index contributed by atoms with van der Waals surface area (Å²) in [4.78, 5) is 21.7. The van der Waals surface area contributed by atoms with Gasteiger partial charge in [0.2, 0.25) is 5.82 Å². The van der Waals surface area contributed by atoms with Gasteiger partial charge < -0.3 is 10.8 Å². The third-order valence-corrected chi connectivity index (χ3v) is 1.38. The molecule has 3 N–H and O–H groups in total. The number of nitrogens with zero attached hydrogens (tertiary/aromatic N) is 3. The SMILES string of the molecule is Nc1nc(O)c([N+](=O)[O-])cc1[N+](=O)[O-]. The topological polar surface area (TPSA) is 145 Å². The molecule has 9 nitrogen and oxygen atoms in total. The van der Waals surface area contributed by atoms with Crippen LogP contribution in [0.2, 0.25) is 0 Å². The molecule has 0 unspecified atom stereocenters. The summed E-state index contributed by atoms with van der Waals surface area (Å²) in [6, 6.07) is 0.553. The minimum Gasteiger partial charge on any atom is -0.488 e. The summed E-state index contributed by atoms with van der Waals surface area (Å²) in [6.45, 7) is 0. The maximum Gasteiger partial charge on any atom is 0.337 e. The molecule has 0 fully saturated rings. The third kappa shape index (κ3) is 1.50. The smallest absolute Gasteiger partial charge is 0.337 e. The van der Waals surface area contributed by atoms with E-state index in [0.717, 1.165) is 0 Å². The van der Waals surface area contributed by atoms with Crippen molar-refractivity contribution in [2.75, 3.05) is 5.73 Å². The molecule has 0 saturated carbocycles. The lowest BCUT2D eigenvalue weighted by Gasteiger charge is -1.97. The molecule has 0 bridgehead atoms. The molecule has 0 amide bonds. The zero-order valence-corrected chi connectivity index (χ0v) is 6.58. The van der Waals surface area contributed by atoms with Gasteiger partial charge in [-0.05, 0) is 0 Å². The molecule has 0 spiro atoms. The maximum atomic E-state index is 10.3. The van der Waals surface area contributed by atoms with Crippen molar-refractivity contribution in [1.82, 2.24) is 4.98 Å². The number of rotatable bonds is 2. The lowest BCUT2D eigenvalue weighted by molar-refractivity contribution is -0.394. The molecule has 14 heavy (non-hydrogen) atoms. The first-order valence-corrected chi connectivity index (χ1v) is 3.21. The summed E-state index contributed by atoms with van der Waals surface area (Å²) < 4.78 is 0. The number of nitro groups is 2. The Morgan fingerprint density at radius 1 is 1.29 bits per heavy atom. The minimum absolute atomic E-state index is 0.553. The van der Waals surface area contributed by atoms with Gasteiger partial charge in [0.15, 0.2) is 0 Å². The van der Waals surface area contributed by atoms with Gasteiger partial charge in [-0.2, -0.15) is 4.98 Å². The third-order valence-electron chi connectivity index (χ3n) is 1.38. The molecule has 0 saturated heterocycles. The number of hydrogen-bond donors (Lipinski definition) is 2. The molecule has 0 aliphatic heterocycles. The van der Waals surface area contributed by atoms with Gasteiger partial charge in [0.1, 0.15) is 6.07 Å². The molecule has 0 aromatic carbocycles. The Bertz CT molecular complexity index is 382. The second kappa shape index (κ2) is 3.12. The van der Waals surface area contributed by atoms with Crippen LogP contribution >= 0.6 is 0 Å². The van der Waals surface area contributed by atoms with Gasteiger partial charge in [-0.3, -0.25) is 20.2 Å². The van der Waals surface area contributed by atoms with Gasteiger partial charge in [-0.1, -0.05) is 0 Å². The summed E-state index contributed by atoms with van der Waals surface area (Å²) in [5.41, 5.74) is 3.49. The van der Waals surface area contributed by atoms with Gasteiger partial charge in [-0.25, -0.2) is 0 Å². The number of anilines is 1. The molecular weight excluding hydrogens is 196 g/mol. The number of nitrogens with two attached hydrogens (primary N) is 1. The molecule has 1 rings (SSSR count). The molecule has 1 aromatic heterocycles. The Morgan fingerprint density at radius 2 is 1.79 bits per heavy atom. The Labute approximate surface area is 76.1 Å². The molecule has 74 valence electrons. The van der Waals surface area contributed by atoms with Gasteiger partial charge in [0.05, 0.1) is 9.85 Å². The van der Waals surface area contributed by atoms with E-state index in [2.05, 4.69) is 4.98 Å². The summed E-state index contributed by atoms with van der Waals surface area (Å²) in [7, 11) is 0. The van der Waals surface area contributed by atoms with E-state index >= 15 is 0 Å². The highest BCUT2D eigenvalue weighted by atomic mass is 16.6. The molecule has 1 heterocycles. The highest BCUT2D eigenvalue weighted by molar-refractivity contribution is 5.60. The van der Waals surface area contributed by atoms with Crippen LogP contribution in [0.4, 0.5) is 17.2 Å². The summed E-state index contributed by atoms with van der Waals surface area (Å²) in [5, 5.41) is 29.5. The van der Waals surface area contributed by atoms with Crippen LogP contribution in [0.3, 0.4) is 0 Å². The molecule has 1 aromatic rings. The first-order valence-electron chi connectivity index (χ1n) is 3.21. The highest BCUT2D eigenvalue weighted by Gasteiger charge is 2.24. The fraction of sp³-hybridized carbons (Fsp3) is 0. The largest absolute Gasteiger partial charge is 0.488 e. The van der Waals surface area contributed by atoms with Crippen molar-refractivity contribution in [1.29, 1.82) is 0 Å². The van der Waals surface area contributed by atoms with Crippen molar-refractivity contribution in [2.24, 2.45) is 0 Å². The predicted octanol–water partition coefficient (Wildman–Crippen LogP) is 0.186. The number of pyridine rings is 1. The van der Waals surface area contributed by atoms with Crippen molar-refractivity contribution in [3.05, 3.63) is 26.3 Å². The van der Waals surface area contributed by atoms with E-state index in [4.69, 9.17) is 10.8 Å². The van der Waals surface area contributed by atoms with E-state index in [9.17, 15) is 20.2 Å². The molecule has 0 atom stereocenters. The summed E-state index contributed by atoms with van der Waals surface area (Å²) >= 11 is 0. The molecule has 9 heteroatoms. The monoisotopic (exact) mass is 200 g/mol. The lowest BCUT2D eigenvalue weighted by atomic mass is 10.3. The van der Waals surface area contributed by atoms with Crippen LogP contribution in [0, 0.1) is 20.2 Å². The molecule has 0 aliphatic rings. The Kier molecular flexibility index (Phi) is 2.15. The van der Waals surface area contributed by atoms with Crippen molar-refractivity contribution in [3.8, 4) is 5.88 Å². The van der Waals surface area contributed by atoms with E-state index in [1.165, 1.54) is 0 Å². The normalized spacial score (nSPS) is 9.71. The van der Waals surface area contributed by atoms with E-state index in [0.29, 0.717) is 6.07 Å². The number of aromatic nitrogens is 1. The van der Waals surface area contributed by atoms with Crippen molar-refractivity contribution in [2.45, 2.75) is 0 Å². The van der Waals surface area contributed by atoms with Crippen molar-refractivity contribution < 1.29 is 15.0 Å². The van der Waals surface area contributed by atoms with Crippen LogP contribution in [-0.2, 0) is 0 Å². The van der Waals surface area contributed by atoms with Gasteiger partial charge in [0.25, 0.3) is 5.88 Å². The van der Waals surface area contributed by atoms with E-state index in [-0.39, 0.29) is 0 Å². The van der Waals surface area contributed by atoms with E-state index in [1.807, 2.05) is 0 Å². The fourth-order valence-corrected chi connectivity index (χ4v) is 0.777. The zero-order chi connectivity index (χ0) is 10.9. The van der Waals surface area contributed by atoms with Crippen LogP contribution in [0.15, 0.2) is 6.07 Å². The van der Waals surface area contributed by atoms with Crippen LogP contribution in [0.1, 0.15) is 0 Å². The predicted molar refractivity (Wildman–Crippen MR) is 43.6 cm³/mol. The first-order chi connectivity index (χ1) is 6.43. The maximum absolute atomic E-state index is 10.3. The highest BCUT2D eigenvalue weighted by Crippen LogP contribution is 2.31. The summed E-state index contributed by atoms with van der Waals surface area (Å²) in [5.74, 6) is -1.52. The van der Waals surface area contributed by atoms with Crippen LogP contribution < -0.4 is 5.73 Å². The van der Waals surface area contributed by atoms with E-state index in [1.54, 1.807) is 0 Å². The molecule has 0 aliphatic carbocycles. The second-order valence-corrected chi connectivity index (χ2v) is 2.25. The Hall–Kier alpha value is -2.45. The van der Waals surface area contributed by atoms with Crippen LogP contribution in [0.25, 0.3) is 0 Å². The van der Waals surface area contributed by atoms with Crippen molar-refractivity contribution >= 4 is 17.2 Å². The molecular formula is C5H4N4O5. The average molecular weight is 200 g/mol. The van der Waals surface area contributed by atoms with Gasteiger partial charge in [-0.15, -0.1) is 0 Å². The second-order valence-electron chi connectivity index (χ2n) is 2.25. The lowest BCUT2D eigenvalue weighted by Crippen LogP contribution is -2.00. The summed E-state index contributed by atoms with van der Waals surface area (Å²) in [6.07, 6.45) is 0. The first kappa shape index (κ1) is 9.64. The number of aromatic hydroxyl groups is 1. The average Bonchev–Trinajstić information content (AvgIpc) is 2.02. The van der Waals surface area contributed by atoms with Gasteiger partial charge >= 0.3 is 11.4 Å². The van der Waals surface area contributed by atoms with Crippen LogP contribution in [0.5, 0.6) is 5.88 Å². The molecule has 0 radical (unpaired) electrons. The number of hydrogen-bond acceptors (Lipinski definition) is 7. The Balaban J connectivity index is 3.42. The zero-order valence-electron chi connectivity index (χ0n) is 6.58. The fourth-order valence-electron chi connectivity index (χ4n) is 0.777. The van der Waals surface area contributed by atoms with Crippen LogP contribution in [-0.4, -0.2) is 19.9 Å².